The van der Waals surface area contributed by atoms with Crippen LogP contribution in [-0.4, -0.2) is 7.05 Å². The highest BCUT2D eigenvalue weighted by atomic mass is 35.5. The van der Waals surface area contributed by atoms with E-state index >= 15 is 0 Å². The third-order valence-electron chi connectivity index (χ3n) is 2.98. The van der Waals surface area contributed by atoms with Gasteiger partial charge in [-0.25, -0.2) is 0 Å². The quantitative estimate of drug-likeness (QED) is 0.889. The van der Waals surface area contributed by atoms with Crippen molar-refractivity contribution in [3.05, 3.63) is 58.1 Å². The second kappa shape index (κ2) is 6.09. The maximum Gasteiger partial charge on any atom is 0.130 e. The van der Waals surface area contributed by atoms with Gasteiger partial charge in [0.05, 0.1) is 0 Å². The predicted octanol–water partition coefficient (Wildman–Crippen LogP) is 4.47. The first kappa shape index (κ1) is 13.9. The molecule has 2 aromatic carbocycles. The molecule has 0 atom stereocenters. The Morgan fingerprint density at radius 1 is 1.05 bits per heavy atom. The van der Waals surface area contributed by atoms with Crippen molar-refractivity contribution in [2.24, 2.45) is 0 Å². The molecule has 0 amide bonds. The highest BCUT2D eigenvalue weighted by molar-refractivity contribution is 6.31. The molecular weight excluding hydrogens is 258 g/mol. The Morgan fingerprint density at radius 3 is 2.47 bits per heavy atom. The molecule has 0 aliphatic rings. The van der Waals surface area contributed by atoms with E-state index < -0.39 is 0 Å². The zero-order valence-corrected chi connectivity index (χ0v) is 12.2. The molecule has 3 heteroatoms. The van der Waals surface area contributed by atoms with Gasteiger partial charge in [-0.1, -0.05) is 23.7 Å². The maximum absolute atomic E-state index is 6.01. The van der Waals surface area contributed by atoms with Crippen LogP contribution in [-0.2, 0) is 6.54 Å². The molecule has 0 aliphatic heterocycles. The van der Waals surface area contributed by atoms with Crippen molar-refractivity contribution in [3.8, 4) is 11.5 Å². The molecule has 0 aliphatic carbocycles. The summed E-state index contributed by atoms with van der Waals surface area (Å²) < 4.78 is 5.90. The highest BCUT2D eigenvalue weighted by Crippen LogP contribution is 2.28. The lowest BCUT2D eigenvalue weighted by molar-refractivity contribution is 0.478. The van der Waals surface area contributed by atoms with Gasteiger partial charge in [0.15, 0.2) is 0 Å². The van der Waals surface area contributed by atoms with Crippen molar-refractivity contribution in [1.82, 2.24) is 5.32 Å². The normalized spacial score (nSPS) is 10.5. The summed E-state index contributed by atoms with van der Waals surface area (Å²) in [6.07, 6.45) is 0. The van der Waals surface area contributed by atoms with Crippen molar-refractivity contribution >= 4 is 11.6 Å². The summed E-state index contributed by atoms with van der Waals surface area (Å²) >= 11 is 6.01. The number of halogens is 1. The molecule has 0 heterocycles. The summed E-state index contributed by atoms with van der Waals surface area (Å²) in [7, 11) is 1.94. The van der Waals surface area contributed by atoms with Crippen molar-refractivity contribution in [1.29, 1.82) is 0 Å². The van der Waals surface area contributed by atoms with Gasteiger partial charge in [-0.15, -0.1) is 0 Å². The van der Waals surface area contributed by atoms with Gasteiger partial charge in [0.1, 0.15) is 11.5 Å². The first-order valence-corrected chi connectivity index (χ1v) is 6.66. The van der Waals surface area contributed by atoms with Crippen LogP contribution in [0, 0.1) is 13.8 Å². The van der Waals surface area contributed by atoms with Gasteiger partial charge in [0, 0.05) is 11.6 Å². The summed E-state index contributed by atoms with van der Waals surface area (Å²) in [6.45, 7) is 4.89. The van der Waals surface area contributed by atoms with Crippen LogP contribution in [0.2, 0.25) is 5.02 Å². The number of rotatable bonds is 4. The second-order valence-corrected chi connectivity index (χ2v) is 5.05. The smallest absolute Gasteiger partial charge is 0.130 e. The third-order valence-corrected chi connectivity index (χ3v) is 3.40. The van der Waals surface area contributed by atoms with E-state index in [4.69, 9.17) is 16.3 Å². The summed E-state index contributed by atoms with van der Waals surface area (Å²) in [6, 6.07) is 11.9. The lowest BCUT2D eigenvalue weighted by Crippen LogP contribution is -2.05. The Hall–Kier alpha value is -1.51. The van der Waals surface area contributed by atoms with Crippen LogP contribution in [0.1, 0.15) is 16.7 Å². The van der Waals surface area contributed by atoms with Crippen molar-refractivity contribution in [2.75, 3.05) is 7.05 Å². The minimum atomic E-state index is 0.758. The van der Waals surface area contributed by atoms with Gasteiger partial charge in [-0.2, -0.15) is 0 Å². The molecule has 0 saturated carbocycles. The van der Waals surface area contributed by atoms with E-state index in [0.717, 1.165) is 34.2 Å². The largest absolute Gasteiger partial charge is 0.457 e. The molecule has 0 aromatic heterocycles. The van der Waals surface area contributed by atoms with Gasteiger partial charge in [-0.05, 0) is 61.9 Å². The van der Waals surface area contributed by atoms with E-state index in [1.807, 2.05) is 38.2 Å². The molecule has 2 aromatic rings. The second-order valence-electron chi connectivity index (χ2n) is 4.64. The Bertz CT molecular complexity index is 581. The molecular formula is C16H18ClNO. The first-order chi connectivity index (χ1) is 9.10. The number of aryl methyl sites for hydroxylation is 2. The fourth-order valence-corrected chi connectivity index (χ4v) is 2.07. The van der Waals surface area contributed by atoms with E-state index in [0.29, 0.717) is 0 Å². The van der Waals surface area contributed by atoms with Crippen LogP contribution in [0.4, 0.5) is 0 Å². The number of ether oxygens (including phenoxy) is 1. The van der Waals surface area contributed by atoms with Gasteiger partial charge >= 0.3 is 0 Å². The van der Waals surface area contributed by atoms with Crippen LogP contribution >= 0.6 is 11.6 Å². The van der Waals surface area contributed by atoms with Gasteiger partial charge in [0.25, 0.3) is 0 Å². The van der Waals surface area contributed by atoms with Gasteiger partial charge < -0.3 is 10.1 Å². The molecule has 19 heavy (non-hydrogen) atoms. The van der Waals surface area contributed by atoms with E-state index in [1.165, 1.54) is 5.56 Å². The average molecular weight is 276 g/mol. The Labute approximate surface area is 119 Å². The van der Waals surface area contributed by atoms with Gasteiger partial charge in [-0.3, -0.25) is 0 Å². The fourth-order valence-electron chi connectivity index (χ4n) is 1.95. The van der Waals surface area contributed by atoms with Crippen molar-refractivity contribution in [3.63, 3.8) is 0 Å². The summed E-state index contributed by atoms with van der Waals surface area (Å²) in [5.74, 6) is 1.69. The maximum atomic E-state index is 6.01. The first-order valence-electron chi connectivity index (χ1n) is 6.28. The van der Waals surface area contributed by atoms with Crippen LogP contribution in [0.5, 0.6) is 11.5 Å². The molecule has 0 saturated heterocycles. The molecule has 2 rings (SSSR count). The minimum Gasteiger partial charge on any atom is -0.457 e. The topological polar surface area (TPSA) is 21.3 Å². The molecule has 1 N–H and O–H groups in total. The third kappa shape index (κ3) is 3.49. The monoisotopic (exact) mass is 275 g/mol. The van der Waals surface area contributed by atoms with E-state index in [1.54, 1.807) is 0 Å². The van der Waals surface area contributed by atoms with E-state index in [-0.39, 0.29) is 0 Å². The zero-order valence-electron chi connectivity index (χ0n) is 11.5. The summed E-state index contributed by atoms with van der Waals surface area (Å²) in [5.41, 5.74) is 3.39. The van der Waals surface area contributed by atoms with Gasteiger partial charge in [0.2, 0.25) is 0 Å². The van der Waals surface area contributed by atoms with Crippen LogP contribution in [0.25, 0.3) is 0 Å². The average Bonchev–Trinajstić information content (AvgIpc) is 2.37. The molecule has 0 unspecified atom stereocenters. The molecule has 2 nitrogen and oxygen atoms in total. The minimum absolute atomic E-state index is 0.758. The summed E-state index contributed by atoms with van der Waals surface area (Å²) in [4.78, 5) is 0. The SMILES string of the molecule is CNCc1ccc(Oc2ccc(Cl)c(C)c2)c(C)c1. The molecule has 0 bridgehead atoms. The number of nitrogens with one attached hydrogen (secondary N) is 1. The van der Waals surface area contributed by atoms with Crippen molar-refractivity contribution < 1.29 is 4.74 Å². The molecule has 0 radical (unpaired) electrons. The predicted molar refractivity (Wildman–Crippen MR) is 80.2 cm³/mol. The lowest BCUT2D eigenvalue weighted by atomic mass is 10.1. The van der Waals surface area contributed by atoms with Crippen molar-refractivity contribution in [2.45, 2.75) is 20.4 Å². The fraction of sp³-hybridized carbons (Fsp3) is 0.250. The van der Waals surface area contributed by atoms with Crippen LogP contribution in [0.3, 0.4) is 0 Å². The molecule has 0 spiro atoms. The Balaban J connectivity index is 2.20. The number of hydrogen-bond donors (Lipinski definition) is 1. The van der Waals surface area contributed by atoms with Crippen LogP contribution < -0.4 is 10.1 Å². The molecule has 0 fully saturated rings. The summed E-state index contributed by atoms with van der Waals surface area (Å²) in [5, 5.41) is 3.90. The Kier molecular flexibility index (Phi) is 4.46. The number of hydrogen-bond acceptors (Lipinski definition) is 2. The van der Waals surface area contributed by atoms with E-state index in [9.17, 15) is 0 Å². The standard InChI is InChI=1S/C16H18ClNO/c1-11-9-14(5-6-15(11)17)19-16-7-4-13(10-18-3)8-12(16)2/h4-9,18H,10H2,1-3H3. The van der Waals surface area contributed by atoms with Crippen LogP contribution in [0.15, 0.2) is 36.4 Å². The zero-order chi connectivity index (χ0) is 13.8. The highest BCUT2D eigenvalue weighted by Gasteiger charge is 2.04. The number of benzene rings is 2. The van der Waals surface area contributed by atoms with E-state index in [2.05, 4.69) is 24.4 Å². The molecule has 100 valence electrons. The Morgan fingerprint density at radius 2 is 1.84 bits per heavy atom. The lowest BCUT2D eigenvalue weighted by Gasteiger charge is -2.11.